The van der Waals surface area contributed by atoms with Crippen LogP contribution in [0.3, 0.4) is 0 Å². The maximum absolute atomic E-state index is 6.51. The summed E-state index contributed by atoms with van der Waals surface area (Å²) in [5.41, 5.74) is 0. The first-order chi connectivity index (χ1) is 6.83. The van der Waals surface area contributed by atoms with Gasteiger partial charge in [-0.1, -0.05) is 39.5 Å². The Morgan fingerprint density at radius 3 is 1.33 bits per heavy atom. The monoisotopic (exact) mass is 246 g/mol. The molecule has 0 atom stereocenters. The van der Waals surface area contributed by atoms with Gasteiger partial charge < -0.3 is 4.12 Å². The van der Waals surface area contributed by atoms with Crippen molar-refractivity contribution in [1.82, 2.24) is 0 Å². The van der Waals surface area contributed by atoms with Crippen molar-refractivity contribution in [3.8, 4) is 0 Å². The van der Waals surface area contributed by atoms with Crippen molar-refractivity contribution in [1.29, 1.82) is 0 Å². The summed E-state index contributed by atoms with van der Waals surface area (Å²) in [4.78, 5) is 0. The predicted octanol–water partition coefficient (Wildman–Crippen LogP) is 5.01. The van der Waals surface area contributed by atoms with Gasteiger partial charge >= 0.3 is 0 Å². The number of rotatable bonds is 8. The second-order valence-corrected chi connectivity index (χ2v) is 14.7. The topological polar surface area (TPSA) is 9.23 Å². The molecule has 3 heteroatoms. The van der Waals surface area contributed by atoms with E-state index in [1.807, 2.05) is 0 Å². The third kappa shape index (κ3) is 8.23. The molecule has 0 spiro atoms. The van der Waals surface area contributed by atoms with Crippen LogP contribution in [0.1, 0.15) is 39.5 Å². The van der Waals surface area contributed by atoms with E-state index in [0.717, 1.165) is 0 Å². The minimum Gasteiger partial charge on any atom is -0.455 e. The van der Waals surface area contributed by atoms with Crippen molar-refractivity contribution >= 4 is 16.6 Å². The van der Waals surface area contributed by atoms with E-state index < -0.39 is 16.6 Å². The van der Waals surface area contributed by atoms with E-state index in [-0.39, 0.29) is 0 Å². The molecule has 1 nitrogen and oxygen atoms in total. The number of unbranched alkanes of at least 4 members (excludes halogenated alkanes) is 2. The van der Waals surface area contributed by atoms with Crippen LogP contribution in [0, 0.1) is 0 Å². The molecular weight excluding hydrogens is 216 g/mol. The van der Waals surface area contributed by atoms with Gasteiger partial charge in [-0.3, -0.25) is 0 Å². The molecule has 0 fully saturated rings. The van der Waals surface area contributed by atoms with Crippen molar-refractivity contribution in [2.75, 3.05) is 0 Å². The van der Waals surface area contributed by atoms with Crippen LogP contribution >= 0.6 is 0 Å². The Labute approximate surface area is 98.9 Å². The lowest BCUT2D eigenvalue weighted by atomic mass is 10.4. The highest BCUT2D eigenvalue weighted by Gasteiger charge is 2.31. The summed E-state index contributed by atoms with van der Waals surface area (Å²) >= 11 is 0. The van der Waals surface area contributed by atoms with E-state index in [2.05, 4.69) is 40.0 Å². The highest BCUT2D eigenvalue weighted by atomic mass is 28.4. The van der Waals surface area contributed by atoms with Crippen LogP contribution in [0.4, 0.5) is 0 Å². The summed E-state index contributed by atoms with van der Waals surface area (Å²) in [5, 5.41) is 0. The lowest BCUT2D eigenvalue weighted by Gasteiger charge is -2.34. The molecule has 0 unspecified atom stereocenters. The Bertz CT molecular complexity index is 149. The fraction of sp³-hybridized carbons (Fsp3) is 1.00. The van der Waals surface area contributed by atoms with Gasteiger partial charge in [0.15, 0.2) is 16.6 Å². The van der Waals surface area contributed by atoms with Crippen molar-refractivity contribution in [2.24, 2.45) is 0 Å². The lowest BCUT2D eigenvalue weighted by Crippen LogP contribution is -2.44. The molecule has 0 heterocycles. The van der Waals surface area contributed by atoms with Crippen LogP contribution in [0.15, 0.2) is 0 Å². The normalized spacial score (nSPS) is 13.2. The largest absolute Gasteiger partial charge is 0.455 e. The zero-order valence-electron chi connectivity index (χ0n) is 11.7. The SMILES string of the molecule is CCCC[Si](C)(C)O[Si](C)(C)CCCC. The summed E-state index contributed by atoms with van der Waals surface area (Å²) in [6, 6.07) is 2.68. The molecule has 0 saturated heterocycles. The zero-order valence-corrected chi connectivity index (χ0v) is 13.7. The van der Waals surface area contributed by atoms with Crippen LogP contribution in [0.2, 0.25) is 38.3 Å². The van der Waals surface area contributed by atoms with Gasteiger partial charge in [-0.15, -0.1) is 0 Å². The van der Waals surface area contributed by atoms with Gasteiger partial charge in [0.05, 0.1) is 0 Å². The zero-order chi connectivity index (χ0) is 11.9. The van der Waals surface area contributed by atoms with Crippen molar-refractivity contribution in [3.63, 3.8) is 0 Å². The maximum atomic E-state index is 6.51. The van der Waals surface area contributed by atoms with Gasteiger partial charge in [-0.05, 0) is 38.3 Å². The number of hydrogen-bond donors (Lipinski definition) is 0. The van der Waals surface area contributed by atoms with Crippen LogP contribution in [0.25, 0.3) is 0 Å². The van der Waals surface area contributed by atoms with Gasteiger partial charge in [0.25, 0.3) is 0 Å². The molecule has 0 aliphatic rings. The van der Waals surface area contributed by atoms with Gasteiger partial charge in [-0.2, -0.15) is 0 Å². The molecule has 92 valence electrons. The molecule has 0 rings (SSSR count). The van der Waals surface area contributed by atoms with Gasteiger partial charge in [0.2, 0.25) is 0 Å². The Morgan fingerprint density at radius 1 is 0.733 bits per heavy atom. The van der Waals surface area contributed by atoms with E-state index in [4.69, 9.17) is 4.12 Å². The Balaban J connectivity index is 4.04. The average molecular weight is 247 g/mol. The number of hydrogen-bond acceptors (Lipinski definition) is 1. The summed E-state index contributed by atoms with van der Waals surface area (Å²) in [7, 11) is -2.70. The highest BCUT2D eigenvalue weighted by molar-refractivity contribution is 6.84. The third-order valence-corrected chi connectivity index (χ3v) is 10.4. The highest BCUT2D eigenvalue weighted by Crippen LogP contribution is 2.24. The Kier molecular flexibility index (Phi) is 7.05. The van der Waals surface area contributed by atoms with E-state index in [1.54, 1.807) is 0 Å². The van der Waals surface area contributed by atoms with Crippen molar-refractivity contribution in [3.05, 3.63) is 0 Å². The molecule has 0 aromatic carbocycles. The molecule has 0 amide bonds. The van der Waals surface area contributed by atoms with Gasteiger partial charge in [0, 0.05) is 0 Å². The molecule has 0 N–H and O–H groups in total. The minimum atomic E-state index is -1.35. The molecular formula is C12H30OSi2. The first-order valence-corrected chi connectivity index (χ1v) is 12.8. The van der Waals surface area contributed by atoms with Crippen LogP contribution in [-0.2, 0) is 4.12 Å². The van der Waals surface area contributed by atoms with E-state index in [0.29, 0.717) is 0 Å². The smallest absolute Gasteiger partial charge is 0.173 e. The van der Waals surface area contributed by atoms with E-state index in [9.17, 15) is 0 Å². The molecule has 0 bridgehead atoms. The Morgan fingerprint density at radius 2 is 1.07 bits per heavy atom. The molecule has 15 heavy (non-hydrogen) atoms. The van der Waals surface area contributed by atoms with Gasteiger partial charge in [0.1, 0.15) is 0 Å². The van der Waals surface area contributed by atoms with Crippen LogP contribution in [0.5, 0.6) is 0 Å². The second kappa shape index (κ2) is 6.87. The summed E-state index contributed by atoms with van der Waals surface area (Å²) in [6.45, 7) is 14.1. The van der Waals surface area contributed by atoms with Crippen LogP contribution in [-0.4, -0.2) is 16.6 Å². The van der Waals surface area contributed by atoms with Gasteiger partial charge in [-0.25, -0.2) is 0 Å². The molecule has 0 aliphatic carbocycles. The third-order valence-electron chi connectivity index (χ3n) is 2.82. The van der Waals surface area contributed by atoms with Crippen molar-refractivity contribution in [2.45, 2.75) is 77.8 Å². The molecule has 0 radical (unpaired) electrons. The molecule has 0 saturated carbocycles. The summed E-state index contributed by atoms with van der Waals surface area (Å²) < 4.78 is 6.51. The molecule has 0 aromatic rings. The van der Waals surface area contributed by atoms with E-state index >= 15 is 0 Å². The lowest BCUT2D eigenvalue weighted by molar-refractivity contribution is 0.529. The predicted molar refractivity (Wildman–Crippen MR) is 75.5 cm³/mol. The second-order valence-electron chi connectivity index (χ2n) is 5.83. The molecule has 0 aliphatic heterocycles. The minimum absolute atomic E-state index is 1.30. The molecule has 0 aromatic heterocycles. The van der Waals surface area contributed by atoms with Crippen molar-refractivity contribution < 1.29 is 4.12 Å². The fourth-order valence-corrected chi connectivity index (χ4v) is 11.3. The first kappa shape index (κ1) is 15.4. The average Bonchev–Trinajstić information content (AvgIpc) is 2.10. The standard InChI is InChI=1S/C12H30OSi2/c1-7-9-11-14(3,4)13-15(5,6)12-10-8-2/h7-12H2,1-6H3. The van der Waals surface area contributed by atoms with E-state index in [1.165, 1.54) is 37.8 Å². The summed E-state index contributed by atoms with van der Waals surface area (Å²) in [5.74, 6) is 0. The Hall–Kier alpha value is 0.394. The van der Waals surface area contributed by atoms with Crippen LogP contribution < -0.4 is 0 Å². The first-order valence-electron chi connectivity index (χ1n) is 6.53. The quantitative estimate of drug-likeness (QED) is 0.547. The fourth-order valence-electron chi connectivity index (χ4n) is 2.06. The summed E-state index contributed by atoms with van der Waals surface area (Å²) in [6.07, 6.45) is 5.29. The maximum Gasteiger partial charge on any atom is 0.173 e.